The summed E-state index contributed by atoms with van der Waals surface area (Å²) in [6.45, 7) is 4.63. The molecule has 1 saturated carbocycles. The lowest BCUT2D eigenvalue weighted by Crippen LogP contribution is -2.23. The Morgan fingerprint density at radius 1 is 1.17 bits per heavy atom. The van der Waals surface area contributed by atoms with Crippen LogP contribution in [0.15, 0.2) is 46.4 Å². The van der Waals surface area contributed by atoms with E-state index in [1.807, 2.05) is 30.3 Å². The quantitative estimate of drug-likeness (QED) is 0.786. The van der Waals surface area contributed by atoms with Crippen molar-refractivity contribution >= 4 is 5.69 Å². The van der Waals surface area contributed by atoms with Crippen LogP contribution < -0.4 is 5.56 Å². The van der Waals surface area contributed by atoms with E-state index >= 15 is 0 Å². The Hall–Kier alpha value is -2.23. The summed E-state index contributed by atoms with van der Waals surface area (Å²) in [5.41, 5.74) is 2.33. The second-order valence-electron chi connectivity index (χ2n) is 7.65. The molecule has 0 radical (unpaired) electrons. The number of nitrogens with one attached hydrogen (secondary N) is 1. The normalized spacial score (nSPS) is 17.6. The van der Waals surface area contributed by atoms with Crippen molar-refractivity contribution in [3.63, 3.8) is 0 Å². The Kier molecular flexibility index (Phi) is 4.65. The van der Waals surface area contributed by atoms with Crippen LogP contribution in [0.5, 0.6) is 0 Å². The number of hydrogen-bond donors (Lipinski definition) is 1. The third-order valence-corrected chi connectivity index (χ3v) is 5.20. The van der Waals surface area contributed by atoms with Crippen LogP contribution >= 0.6 is 0 Å². The summed E-state index contributed by atoms with van der Waals surface area (Å²) >= 11 is 0. The molecule has 1 N–H and O–H groups in total. The molecule has 2 aromatic rings. The third-order valence-electron chi connectivity index (χ3n) is 5.20. The van der Waals surface area contributed by atoms with Crippen molar-refractivity contribution in [1.29, 1.82) is 0 Å². The number of pyridine rings is 1. The van der Waals surface area contributed by atoms with Gasteiger partial charge in [-0.05, 0) is 60.2 Å². The molecule has 0 aliphatic heterocycles. The lowest BCUT2D eigenvalue weighted by molar-refractivity contribution is 0.190. The van der Waals surface area contributed by atoms with Gasteiger partial charge in [0.05, 0.1) is 5.56 Å². The topological polar surface area (TPSA) is 62.3 Å². The van der Waals surface area contributed by atoms with Gasteiger partial charge in [0.2, 0.25) is 0 Å². The van der Waals surface area contributed by atoms with E-state index in [-0.39, 0.29) is 11.2 Å². The molecule has 0 unspecified atom stereocenters. The van der Waals surface area contributed by atoms with Crippen LogP contribution in [-0.2, 0) is 6.42 Å². The molecule has 1 heterocycles. The summed E-state index contributed by atoms with van der Waals surface area (Å²) in [5, 5.41) is 3.11. The smallest absolute Gasteiger partial charge is 0.258 e. The highest BCUT2D eigenvalue weighted by Crippen LogP contribution is 2.39. The molecule has 4 heteroatoms. The maximum absolute atomic E-state index is 12.5. The van der Waals surface area contributed by atoms with Crippen LogP contribution in [0.4, 0.5) is 5.69 Å². The summed E-state index contributed by atoms with van der Waals surface area (Å²) < 4.78 is 0. The van der Waals surface area contributed by atoms with E-state index in [2.05, 4.69) is 24.0 Å². The van der Waals surface area contributed by atoms with Crippen molar-refractivity contribution in [3.8, 4) is 11.1 Å². The average molecular weight is 324 g/mol. The third kappa shape index (κ3) is 3.64. The summed E-state index contributed by atoms with van der Waals surface area (Å²) in [5.74, 6) is 0.566. The van der Waals surface area contributed by atoms with Crippen LogP contribution in [0, 0.1) is 16.2 Å². The summed E-state index contributed by atoms with van der Waals surface area (Å²) in [4.78, 5) is 26.8. The van der Waals surface area contributed by atoms with Crippen LogP contribution in [0.1, 0.15) is 45.2 Å². The predicted octanol–water partition coefficient (Wildman–Crippen LogP) is 5.20. The van der Waals surface area contributed by atoms with Crippen molar-refractivity contribution < 1.29 is 0 Å². The van der Waals surface area contributed by atoms with Crippen LogP contribution in [0.25, 0.3) is 11.1 Å². The molecule has 0 spiro atoms. The van der Waals surface area contributed by atoms with Gasteiger partial charge >= 0.3 is 0 Å². The average Bonchev–Trinajstić information content (AvgIpc) is 2.57. The Morgan fingerprint density at radius 3 is 2.46 bits per heavy atom. The Morgan fingerprint density at radius 2 is 1.83 bits per heavy atom. The van der Waals surface area contributed by atoms with E-state index in [0.717, 1.165) is 17.7 Å². The van der Waals surface area contributed by atoms with E-state index in [4.69, 9.17) is 0 Å². The van der Waals surface area contributed by atoms with Gasteiger partial charge < -0.3 is 4.98 Å². The standard InChI is InChI=1S/C20H24N2O2/c1-20(2)10-8-14(9-11-20)12-16-13-17(22-24)18(19(23)21-16)15-6-4-3-5-7-15/h3-7,13-14H,8-12H2,1-2H3,(H,21,23). The maximum Gasteiger partial charge on any atom is 0.258 e. The monoisotopic (exact) mass is 324 g/mol. The molecule has 4 nitrogen and oxygen atoms in total. The highest BCUT2D eigenvalue weighted by Gasteiger charge is 2.27. The van der Waals surface area contributed by atoms with Gasteiger partial charge in [-0.15, -0.1) is 4.91 Å². The molecule has 126 valence electrons. The number of benzene rings is 1. The van der Waals surface area contributed by atoms with Gasteiger partial charge in [0.25, 0.3) is 5.56 Å². The zero-order valence-corrected chi connectivity index (χ0v) is 14.3. The maximum atomic E-state index is 12.5. The van der Waals surface area contributed by atoms with Gasteiger partial charge in [0, 0.05) is 5.69 Å². The first-order valence-electron chi connectivity index (χ1n) is 8.63. The Balaban J connectivity index is 1.85. The number of nitrogens with zero attached hydrogens (tertiary/aromatic N) is 1. The molecular formula is C20H24N2O2. The lowest BCUT2D eigenvalue weighted by atomic mass is 9.72. The van der Waals surface area contributed by atoms with E-state index in [1.54, 1.807) is 6.07 Å². The molecule has 0 saturated heterocycles. The zero-order chi connectivity index (χ0) is 17.2. The van der Waals surface area contributed by atoms with Crippen LogP contribution in [0.3, 0.4) is 0 Å². The first-order valence-corrected chi connectivity index (χ1v) is 8.63. The largest absolute Gasteiger partial charge is 0.326 e. The van der Waals surface area contributed by atoms with E-state index in [1.165, 1.54) is 25.7 Å². The zero-order valence-electron chi connectivity index (χ0n) is 14.3. The molecule has 1 aromatic carbocycles. The fourth-order valence-corrected chi connectivity index (χ4v) is 3.64. The molecule has 1 aliphatic carbocycles. The molecule has 3 rings (SSSR count). The molecular weight excluding hydrogens is 300 g/mol. The van der Waals surface area contributed by atoms with Gasteiger partial charge in [-0.1, -0.05) is 44.2 Å². The first kappa shape index (κ1) is 16.6. The number of hydrogen-bond acceptors (Lipinski definition) is 3. The van der Waals surface area contributed by atoms with Crippen molar-refractivity contribution in [2.24, 2.45) is 16.5 Å². The number of aromatic amines is 1. The SMILES string of the molecule is CC1(C)CCC(Cc2cc(N=O)c(-c3ccccc3)c(=O)[nH]2)CC1. The molecule has 0 bridgehead atoms. The summed E-state index contributed by atoms with van der Waals surface area (Å²) in [6, 6.07) is 11.0. The molecule has 1 aromatic heterocycles. The number of aromatic nitrogens is 1. The fraction of sp³-hybridized carbons (Fsp3) is 0.450. The Labute approximate surface area is 142 Å². The van der Waals surface area contributed by atoms with Gasteiger partial charge in [-0.2, -0.15) is 0 Å². The number of nitroso groups, excluding NO2 is 1. The summed E-state index contributed by atoms with van der Waals surface area (Å²) in [6.07, 6.45) is 5.56. The molecule has 0 atom stereocenters. The Bertz CT molecular complexity index is 768. The minimum Gasteiger partial charge on any atom is -0.326 e. The van der Waals surface area contributed by atoms with Crippen LogP contribution in [-0.4, -0.2) is 4.98 Å². The van der Waals surface area contributed by atoms with E-state index < -0.39 is 0 Å². The molecule has 1 fully saturated rings. The van der Waals surface area contributed by atoms with Gasteiger partial charge in [-0.3, -0.25) is 4.79 Å². The second kappa shape index (κ2) is 6.71. The second-order valence-corrected chi connectivity index (χ2v) is 7.65. The molecule has 0 amide bonds. The first-order chi connectivity index (χ1) is 11.5. The van der Waals surface area contributed by atoms with Gasteiger partial charge in [0.1, 0.15) is 5.69 Å². The van der Waals surface area contributed by atoms with Crippen molar-refractivity contribution in [2.75, 3.05) is 0 Å². The minimum absolute atomic E-state index is 0.232. The molecule has 1 aliphatic rings. The minimum atomic E-state index is -0.232. The summed E-state index contributed by atoms with van der Waals surface area (Å²) in [7, 11) is 0. The van der Waals surface area contributed by atoms with Crippen molar-refractivity contribution in [3.05, 3.63) is 57.4 Å². The van der Waals surface area contributed by atoms with Gasteiger partial charge in [-0.25, -0.2) is 0 Å². The fourth-order valence-electron chi connectivity index (χ4n) is 3.64. The predicted molar refractivity (Wildman–Crippen MR) is 97.4 cm³/mol. The van der Waals surface area contributed by atoms with E-state index in [0.29, 0.717) is 16.9 Å². The van der Waals surface area contributed by atoms with Crippen LogP contribution in [0.2, 0.25) is 0 Å². The highest BCUT2D eigenvalue weighted by molar-refractivity contribution is 5.74. The lowest BCUT2D eigenvalue weighted by Gasteiger charge is -2.34. The van der Waals surface area contributed by atoms with Crippen molar-refractivity contribution in [2.45, 2.75) is 46.0 Å². The molecule has 24 heavy (non-hydrogen) atoms. The van der Waals surface area contributed by atoms with E-state index in [9.17, 15) is 9.70 Å². The number of H-pyrrole nitrogens is 1. The van der Waals surface area contributed by atoms with Crippen molar-refractivity contribution in [1.82, 2.24) is 4.98 Å². The van der Waals surface area contributed by atoms with Gasteiger partial charge in [0.15, 0.2) is 0 Å². The number of rotatable bonds is 4. The highest BCUT2D eigenvalue weighted by atomic mass is 16.3.